The van der Waals surface area contributed by atoms with Crippen LogP contribution >= 0.6 is 24.0 Å². The summed E-state index contributed by atoms with van der Waals surface area (Å²) in [6.07, 6.45) is 6.47. The molecule has 33 heavy (non-hydrogen) atoms. The summed E-state index contributed by atoms with van der Waals surface area (Å²) >= 11 is 0. The second kappa shape index (κ2) is 15.5. The summed E-state index contributed by atoms with van der Waals surface area (Å²) in [4.78, 5) is 21.4. The van der Waals surface area contributed by atoms with E-state index >= 15 is 0 Å². The maximum atomic E-state index is 12.7. The minimum atomic E-state index is 0. The zero-order valence-corrected chi connectivity index (χ0v) is 22.5. The molecule has 0 atom stereocenters. The number of hydrogen-bond donors (Lipinski definition) is 1. The quantitative estimate of drug-likeness (QED) is 0.213. The molecule has 2 aliphatic rings. The summed E-state index contributed by atoms with van der Waals surface area (Å²) in [5.74, 6) is 1.65. The molecule has 1 amide bonds. The SMILES string of the molecule is CN=C(NCC(=O)N1CCC(Cc2ccccc2)CC1)N1CCC(OCCCOC)CC1.I. The lowest BCUT2D eigenvalue weighted by Crippen LogP contribution is -2.50. The van der Waals surface area contributed by atoms with E-state index < -0.39 is 0 Å². The Kier molecular flexibility index (Phi) is 13.1. The lowest BCUT2D eigenvalue weighted by Gasteiger charge is -2.35. The van der Waals surface area contributed by atoms with Gasteiger partial charge in [-0.1, -0.05) is 30.3 Å². The number of ether oxygens (including phenoxy) is 2. The van der Waals surface area contributed by atoms with Crippen LogP contribution in [0.25, 0.3) is 0 Å². The number of carbonyl (C=O) groups is 1. The average molecular weight is 573 g/mol. The van der Waals surface area contributed by atoms with Gasteiger partial charge in [0.15, 0.2) is 5.96 Å². The normalized spacial score (nSPS) is 18.2. The smallest absolute Gasteiger partial charge is 0.241 e. The third-order valence-electron chi connectivity index (χ3n) is 6.53. The van der Waals surface area contributed by atoms with Gasteiger partial charge >= 0.3 is 0 Å². The van der Waals surface area contributed by atoms with E-state index in [1.54, 1.807) is 14.2 Å². The number of aliphatic imine (C=N–C) groups is 1. The van der Waals surface area contributed by atoms with Gasteiger partial charge in [0.1, 0.15) is 0 Å². The van der Waals surface area contributed by atoms with Gasteiger partial charge in [-0.15, -0.1) is 24.0 Å². The van der Waals surface area contributed by atoms with E-state index in [1.807, 2.05) is 4.90 Å². The first-order chi connectivity index (χ1) is 15.7. The monoisotopic (exact) mass is 572 g/mol. The molecule has 0 unspecified atom stereocenters. The number of hydrogen-bond acceptors (Lipinski definition) is 4. The van der Waals surface area contributed by atoms with Crippen molar-refractivity contribution in [2.45, 2.75) is 44.6 Å². The number of halogens is 1. The molecule has 7 nitrogen and oxygen atoms in total. The molecule has 2 heterocycles. The number of carbonyl (C=O) groups excluding carboxylic acids is 1. The summed E-state index contributed by atoms with van der Waals surface area (Å²) in [6, 6.07) is 10.7. The molecular weight excluding hydrogens is 531 g/mol. The predicted molar refractivity (Wildman–Crippen MR) is 143 cm³/mol. The van der Waals surface area contributed by atoms with Crippen LogP contribution in [0.2, 0.25) is 0 Å². The van der Waals surface area contributed by atoms with Gasteiger partial charge in [-0.3, -0.25) is 9.79 Å². The maximum Gasteiger partial charge on any atom is 0.241 e. The molecule has 1 N–H and O–H groups in total. The first-order valence-electron chi connectivity index (χ1n) is 12.1. The molecule has 0 bridgehead atoms. The fraction of sp³-hybridized carbons (Fsp3) is 0.680. The fourth-order valence-corrected chi connectivity index (χ4v) is 4.62. The summed E-state index contributed by atoms with van der Waals surface area (Å²) in [5.41, 5.74) is 1.40. The van der Waals surface area contributed by atoms with Crippen molar-refractivity contribution in [2.24, 2.45) is 10.9 Å². The Hall–Kier alpha value is -1.39. The third kappa shape index (κ3) is 9.41. The highest BCUT2D eigenvalue weighted by atomic mass is 127. The molecule has 0 spiro atoms. The predicted octanol–water partition coefficient (Wildman–Crippen LogP) is 3.18. The van der Waals surface area contributed by atoms with Gasteiger partial charge in [-0.25, -0.2) is 0 Å². The first kappa shape index (κ1) is 27.9. The van der Waals surface area contributed by atoms with E-state index in [1.165, 1.54) is 5.56 Å². The Balaban J connectivity index is 0.00000385. The topological polar surface area (TPSA) is 66.4 Å². The standard InChI is InChI=1S/C25H40N4O3.HI/c1-26-25(29-15-11-23(12-16-29)32-18-6-17-31-2)27-20-24(30)28-13-9-22(10-14-28)19-21-7-4-3-5-8-21;/h3-5,7-8,22-23H,6,9-20H2,1-2H3,(H,26,27);1H. The Morgan fingerprint density at radius 2 is 1.70 bits per heavy atom. The van der Waals surface area contributed by atoms with Crippen LogP contribution in [0.3, 0.4) is 0 Å². The zero-order valence-electron chi connectivity index (χ0n) is 20.2. The molecule has 186 valence electrons. The van der Waals surface area contributed by atoms with Gasteiger partial charge < -0.3 is 24.6 Å². The molecule has 0 aromatic heterocycles. The molecule has 0 radical (unpaired) electrons. The Morgan fingerprint density at radius 3 is 2.33 bits per heavy atom. The summed E-state index contributed by atoms with van der Waals surface area (Å²) in [6.45, 7) is 5.30. The molecule has 1 aromatic rings. The number of rotatable bonds is 9. The van der Waals surface area contributed by atoms with Crippen molar-refractivity contribution in [3.05, 3.63) is 35.9 Å². The number of guanidine groups is 1. The second-order valence-electron chi connectivity index (χ2n) is 8.82. The number of methoxy groups -OCH3 is 1. The van der Waals surface area contributed by atoms with E-state index in [9.17, 15) is 4.79 Å². The lowest BCUT2D eigenvalue weighted by atomic mass is 9.90. The van der Waals surface area contributed by atoms with Crippen molar-refractivity contribution in [2.75, 3.05) is 60.1 Å². The van der Waals surface area contributed by atoms with Gasteiger partial charge in [0.25, 0.3) is 0 Å². The summed E-state index contributed by atoms with van der Waals surface area (Å²) < 4.78 is 11.0. The molecule has 3 rings (SSSR count). The highest BCUT2D eigenvalue weighted by molar-refractivity contribution is 14.0. The number of amides is 1. The zero-order chi connectivity index (χ0) is 22.6. The number of nitrogens with one attached hydrogen (secondary N) is 1. The molecule has 0 aliphatic carbocycles. The van der Waals surface area contributed by atoms with Gasteiger partial charge in [0.05, 0.1) is 12.6 Å². The third-order valence-corrected chi connectivity index (χ3v) is 6.53. The first-order valence-corrected chi connectivity index (χ1v) is 12.1. The number of nitrogens with zero attached hydrogens (tertiary/aromatic N) is 3. The molecule has 2 saturated heterocycles. The van der Waals surface area contributed by atoms with Crippen molar-refractivity contribution in [1.29, 1.82) is 0 Å². The maximum absolute atomic E-state index is 12.7. The van der Waals surface area contributed by atoms with Crippen molar-refractivity contribution in [3.63, 3.8) is 0 Å². The minimum Gasteiger partial charge on any atom is -0.385 e. The van der Waals surface area contributed by atoms with E-state index in [0.717, 1.165) is 83.9 Å². The second-order valence-corrected chi connectivity index (χ2v) is 8.82. The Labute approximate surface area is 216 Å². The van der Waals surface area contributed by atoms with Crippen LogP contribution in [0.4, 0.5) is 0 Å². The Morgan fingerprint density at radius 1 is 1.03 bits per heavy atom. The fourth-order valence-electron chi connectivity index (χ4n) is 4.62. The van der Waals surface area contributed by atoms with Gasteiger partial charge in [0, 0.05) is 53.6 Å². The number of piperidine rings is 2. The van der Waals surface area contributed by atoms with Gasteiger partial charge in [0.2, 0.25) is 5.91 Å². The molecule has 2 fully saturated rings. The number of likely N-dealkylation sites (tertiary alicyclic amines) is 2. The van der Waals surface area contributed by atoms with E-state index in [0.29, 0.717) is 18.6 Å². The van der Waals surface area contributed by atoms with Crippen LogP contribution in [-0.2, 0) is 20.7 Å². The minimum absolute atomic E-state index is 0. The molecule has 2 aliphatic heterocycles. The lowest BCUT2D eigenvalue weighted by molar-refractivity contribution is -0.131. The average Bonchev–Trinajstić information content (AvgIpc) is 2.84. The highest BCUT2D eigenvalue weighted by Gasteiger charge is 2.25. The molecule has 0 saturated carbocycles. The molecule has 1 aromatic carbocycles. The van der Waals surface area contributed by atoms with Gasteiger partial charge in [-0.2, -0.15) is 0 Å². The summed E-state index contributed by atoms with van der Waals surface area (Å²) in [7, 11) is 3.51. The highest BCUT2D eigenvalue weighted by Crippen LogP contribution is 2.21. The van der Waals surface area contributed by atoms with Crippen molar-refractivity contribution < 1.29 is 14.3 Å². The van der Waals surface area contributed by atoms with Crippen LogP contribution < -0.4 is 5.32 Å². The van der Waals surface area contributed by atoms with Crippen LogP contribution in [0.1, 0.15) is 37.7 Å². The van der Waals surface area contributed by atoms with Crippen molar-refractivity contribution >= 4 is 35.8 Å². The van der Waals surface area contributed by atoms with Gasteiger partial charge in [-0.05, 0) is 50.0 Å². The largest absolute Gasteiger partial charge is 0.385 e. The van der Waals surface area contributed by atoms with Crippen molar-refractivity contribution in [3.8, 4) is 0 Å². The molecule has 8 heteroatoms. The number of benzene rings is 1. The van der Waals surface area contributed by atoms with E-state index in [4.69, 9.17) is 9.47 Å². The summed E-state index contributed by atoms with van der Waals surface area (Å²) in [5, 5.41) is 3.29. The van der Waals surface area contributed by atoms with Crippen LogP contribution in [-0.4, -0.2) is 87.9 Å². The van der Waals surface area contributed by atoms with Crippen LogP contribution in [0.15, 0.2) is 35.3 Å². The Bertz CT molecular complexity index is 703. The molecular formula is C25H41IN4O3. The van der Waals surface area contributed by atoms with Crippen LogP contribution in [0, 0.1) is 5.92 Å². The van der Waals surface area contributed by atoms with E-state index in [-0.39, 0.29) is 29.9 Å². The van der Waals surface area contributed by atoms with Crippen LogP contribution in [0.5, 0.6) is 0 Å². The van der Waals surface area contributed by atoms with Crippen molar-refractivity contribution in [1.82, 2.24) is 15.1 Å². The van der Waals surface area contributed by atoms with E-state index in [2.05, 4.69) is 45.5 Å².